The van der Waals surface area contributed by atoms with Crippen LogP contribution in [0.4, 0.5) is 9.80 Å². The van der Waals surface area contributed by atoms with Crippen LogP contribution in [0.15, 0.2) is 24.3 Å². The third-order valence-corrected chi connectivity index (χ3v) is 6.37. The lowest BCUT2D eigenvalue weighted by atomic mass is 9.96. The number of amides is 2. The number of aliphatic carboxylic acids is 1. The largest absolute Gasteiger partial charge is 0.494 e. The van der Waals surface area contributed by atoms with Crippen molar-refractivity contribution in [3.8, 4) is 11.8 Å². The van der Waals surface area contributed by atoms with Crippen molar-refractivity contribution >= 4 is 34.3 Å². The number of hydrogen-bond acceptors (Lipinski definition) is 7. The van der Waals surface area contributed by atoms with E-state index in [1.807, 2.05) is 38.1 Å². The highest BCUT2D eigenvalue weighted by molar-refractivity contribution is 7.16. The minimum Gasteiger partial charge on any atom is -0.494 e. The maximum Gasteiger partial charge on any atom is 0.410 e. The zero-order valence-corrected chi connectivity index (χ0v) is 19.2. The van der Waals surface area contributed by atoms with E-state index in [4.69, 9.17) is 14.6 Å². The molecule has 0 saturated heterocycles. The zero-order chi connectivity index (χ0) is 24.0. The number of thiophene rings is 1. The molecule has 2 N–H and O–H groups in total. The number of nitriles is 1. The molecule has 2 aromatic rings. The minimum atomic E-state index is -1.23. The Hall–Kier alpha value is -3.58. The standard InChI is InChI=1S/C23H25N3O6S/c1-3-31-18-7-5-4-6-15(18)14(2)10-20(27)25-22-17(11-24)16-8-9-26(12-19(16)33-22)23(30)32-13-21(28)29/h4-7,14H,3,8-10,12-13H2,1-2H3,(H,25,27)(H,28,29). The first-order valence-corrected chi connectivity index (χ1v) is 11.3. The van der Waals surface area contributed by atoms with Crippen molar-refractivity contribution < 1.29 is 29.0 Å². The maximum atomic E-state index is 12.8. The van der Waals surface area contributed by atoms with Crippen LogP contribution in [0, 0.1) is 11.3 Å². The predicted octanol–water partition coefficient (Wildman–Crippen LogP) is 3.73. The normalized spacial score (nSPS) is 13.4. The van der Waals surface area contributed by atoms with Crippen molar-refractivity contribution in [3.05, 3.63) is 45.8 Å². The van der Waals surface area contributed by atoms with E-state index in [-0.39, 0.29) is 24.8 Å². The van der Waals surface area contributed by atoms with Gasteiger partial charge >= 0.3 is 12.1 Å². The number of benzene rings is 1. The third kappa shape index (κ3) is 5.81. The maximum absolute atomic E-state index is 12.8. The van der Waals surface area contributed by atoms with Crippen molar-refractivity contribution in [1.82, 2.24) is 4.90 Å². The molecule has 1 aromatic carbocycles. The van der Waals surface area contributed by atoms with E-state index < -0.39 is 18.7 Å². The number of carbonyl (C=O) groups excluding carboxylic acids is 2. The molecular formula is C23H25N3O6S. The highest BCUT2D eigenvalue weighted by Gasteiger charge is 2.29. The fourth-order valence-electron chi connectivity index (χ4n) is 3.72. The summed E-state index contributed by atoms with van der Waals surface area (Å²) >= 11 is 1.25. The quantitative estimate of drug-likeness (QED) is 0.600. The van der Waals surface area contributed by atoms with E-state index in [0.29, 0.717) is 30.1 Å². The first kappa shape index (κ1) is 24.1. The molecule has 9 nitrogen and oxygen atoms in total. The monoisotopic (exact) mass is 471 g/mol. The number of anilines is 1. The van der Waals surface area contributed by atoms with E-state index in [1.54, 1.807) is 0 Å². The van der Waals surface area contributed by atoms with Crippen LogP contribution in [0.25, 0.3) is 0 Å². The van der Waals surface area contributed by atoms with Gasteiger partial charge in [0.25, 0.3) is 0 Å². The van der Waals surface area contributed by atoms with E-state index >= 15 is 0 Å². The van der Waals surface area contributed by atoms with Gasteiger partial charge in [0.1, 0.15) is 16.8 Å². The number of para-hydroxylation sites is 1. The number of nitrogens with one attached hydrogen (secondary N) is 1. The predicted molar refractivity (Wildman–Crippen MR) is 121 cm³/mol. The van der Waals surface area contributed by atoms with Crippen LogP contribution in [0.3, 0.4) is 0 Å². The van der Waals surface area contributed by atoms with Crippen LogP contribution < -0.4 is 10.1 Å². The van der Waals surface area contributed by atoms with E-state index in [0.717, 1.165) is 21.8 Å². The van der Waals surface area contributed by atoms with Gasteiger partial charge in [-0.1, -0.05) is 25.1 Å². The van der Waals surface area contributed by atoms with E-state index in [2.05, 4.69) is 11.4 Å². The highest BCUT2D eigenvalue weighted by atomic mass is 32.1. The summed E-state index contributed by atoms with van der Waals surface area (Å²) in [5.74, 6) is -0.791. The van der Waals surface area contributed by atoms with Crippen molar-refractivity contribution in [2.75, 3.05) is 25.1 Å². The minimum absolute atomic E-state index is 0.0904. The Morgan fingerprint density at radius 3 is 2.79 bits per heavy atom. The van der Waals surface area contributed by atoms with Gasteiger partial charge in [0, 0.05) is 17.8 Å². The first-order valence-electron chi connectivity index (χ1n) is 10.5. The Labute approximate surface area is 195 Å². The molecular weight excluding hydrogens is 446 g/mol. The molecule has 0 aliphatic carbocycles. The number of hydrogen-bond donors (Lipinski definition) is 2. The number of ether oxygens (including phenoxy) is 2. The lowest BCUT2D eigenvalue weighted by Gasteiger charge is -2.25. The molecule has 2 amide bonds. The van der Waals surface area contributed by atoms with Crippen LogP contribution in [-0.4, -0.2) is 47.7 Å². The second-order valence-electron chi connectivity index (χ2n) is 7.56. The fourth-order valence-corrected chi connectivity index (χ4v) is 4.95. The molecule has 33 heavy (non-hydrogen) atoms. The van der Waals surface area contributed by atoms with Crippen LogP contribution in [-0.2, 0) is 27.3 Å². The van der Waals surface area contributed by atoms with Crippen molar-refractivity contribution in [2.24, 2.45) is 0 Å². The first-order chi connectivity index (χ1) is 15.8. The second-order valence-corrected chi connectivity index (χ2v) is 8.67. The average Bonchev–Trinajstić information content (AvgIpc) is 3.13. The molecule has 0 radical (unpaired) electrons. The molecule has 1 unspecified atom stereocenters. The summed E-state index contributed by atoms with van der Waals surface area (Å²) in [5.41, 5.74) is 2.15. The molecule has 1 aromatic heterocycles. The Balaban J connectivity index is 1.69. The number of nitrogens with zero attached hydrogens (tertiary/aromatic N) is 2. The summed E-state index contributed by atoms with van der Waals surface area (Å²) in [6.07, 6.45) is -0.0851. The number of rotatable bonds is 8. The van der Waals surface area contributed by atoms with Gasteiger partial charge in [-0.3, -0.25) is 4.79 Å². The topological polar surface area (TPSA) is 129 Å². The van der Waals surface area contributed by atoms with Gasteiger partial charge in [-0.05, 0) is 36.5 Å². The smallest absolute Gasteiger partial charge is 0.410 e. The van der Waals surface area contributed by atoms with E-state index in [1.165, 1.54) is 16.2 Å². The lowest BCUT2D eigenvalue weighted by Crippen LogP contribution is -2.36. The Bertz CT molecular complexity index is 1090. The van der Waals surface area contributed by atoms with Crippen LogP contribution in [0.5, 0.6) is 5.75 Å². The van der Waals surface area contributed by atoms with Crippen molar-refractivity contribution in [3.63, 3.8) is 0 Å². The van der Waals surface area contributed by atoms with Gasteiger partial charge in [-0.25, -0.2) is 9.59 Å². The van der Waals surface area contributed by atoms with Crippen molar-refractivity contribution in [2.45, 2.75) is 39.2 Å². The Morgan fingerprint density at radius 2 is 2.09 bits per heavy atom. The van der Waals surface area contributed by atoms with Gasteiger partial charge in [0.05, 0.1) is 18.7 Å². The summed E-state index contributed by atoms with van der Waals surface area (Å²) in [4.78, 5) is 37.6. The van der Waals surface area contributed by atoms with Gasteiger partial charge in [-0.2, -0.15) is 5.26 Å². The van der Waals surface area contributed by atoms with Gasteiger partial charge in [0.2, 0.25) is 5.91 Å². The molecule has 3 rings (SSSR count). The molecule has 174 valence electrons. The third-order valence-electron chi connectivity index (χ3n) is 5.24. The van der Waals surface area contributed by atoms with Crippen LogP contribution >= 0.6 is 11.3 Å². The molecule has 10 heteroatoms. The van der Waals surface area contributed by atoms with Gasteiger partial charge < -0.3 is 24.8 Å². The van der Waals surface area contributed by atoms with Crippen LogP contribution in [0.2, 0.25) is 0 Å². The summed E-state index contributed by atoms with van der Waals surface area (Å²) in [6.45, 7) is 4.17. The number of carboxylic acids is 1. The SMILES string of the molecule is CCOc1ccccc1C(C)CC(=O)Nc1sc2c(c1C#N)CCN(C(=O)OCC(=O)O)C2. The molecule has 1 aliphatic heterocycles. The van der Waals surface area contributed by atoms with E-state index in [9.17, 15) is 19.6 Å². The van der Waals surface area contributed by atoms with Crippen molar-refractivity contribution in [1.29, 1.82) is 5.26 Å². The molecule has 0 saturated carbocycles. The number of fused-ring (bicyclic) bond motifs is 1. The Morgan fingerprint density at radius 1 is 1.33 bits per heavy atom. The average molecular weight is 472 g/mol. The molecule has 0 bridgehead atoms. The molecule has 0 fully saturated rings. The molecule has 1 atom stereocenters. The highest BCUT2D eigenvalue weighted by Crippen LogP contribution is 2.37. The molecule has 2 heterocycles. The Kier molecular flexibility index (Phi) is 7.90. The summed E-state index contributed by atoms with van der Waals surface area (Å²) in [5, 5.41) is 21.7. The number of carbonyl (C=O) groups is 3. The molecule has 0 spiro atoms. The van der Waals surface area contributed by atoms with Gasteiger partial charge in [-0.15, -0.1) is 11.3 Å². The number of carboxylic acid groups (broad SMARTS) is 1. The second kappa shape index (κ2) is 10.8. The fraction of sp³-hybridized carbons (Fsp3) is 0.391. The summed E-state index contributed by atoms with van der Waals surface area (Å²) in [6, 6.07) is 9.77. The molecule has 1 aliphatic rings. The summed E-state index contributed by atoms with van der Waals surface area (Å²) in [7, 11) is 0. The zero-order valence-electron chi connectivity index (χ0n) is 18.4. The van der Waals surface area contributed by atoms with Crippen LogP contribution in [0.1, 0.15) is 47.8 Å². The lowest BCUT2D eigenvalue weighted by molar-refractivity contribution is -0.140. The van der Waals surface area contributed by atoms with Gasteiger partial charge in [0.15, 0.2) is 6.61 Å². The summed E-state index contributed by atoms with van der Waals surface area (Å²) < 4.78 is 10.4.